The van der Waals surface area contributed by atoms with E-state index in [-0.39, 0.29) is 5.91 Å². The average Bonchev–Trinajstić information content (AvgIpc) is 2.99. The molecule has 1 atom stereocenters. The van der Waals surface area contributed by atoms with Crippen LogP contribution < -0.4 is 5.32 Å². The zero-order valence-electron chi connectivity index (χ0n) is 13.1. The van der Waals surface area contributed by atoms with Crippen molar-refractivity contribution in [1.82, 2.24) is 20.2 Å². The number of aromatic amines is 1. The van der Waals surface area contributed by atoms with Crippen molar-refractivity contribution in [2.45, 2.75) is 44.7 Å². The Labute approximate surface area is 131 Å². The van der Waals surface area contributed by atoms with Crippen LogP contribution in [0.15, 0.2) is 24.5 Å². The minimum atomic E-state index is 0.142. The Morgan fingerprint density at radius 2 is 2.36 bits per heavy atom. The molecule has 1 aromatic heterocycles. The van der Waals surface area contributed by atoms with Crippen LogP contribution in [0.1, 0.15) is 37.7 Å². The highest BCUT2D eigenvalue weighted by Crippen LogP contribution is 2.19. The van der Waals surface area contributed by atoms with Gasteiger partial charge in [-0.3, -0.25) is 4.79 Å². The monoisotopic (exact) mass is 300 g/mol. The second kappa shape index (κ2) is 6.92. The predicted molar refractivity (Wildman–Crippen MR) is 87.4 cm³/mol. The van der Waals surface area contributed by atoms with Gasteiger partial charge in [-0.05, 0) is 50.6 Å². The van der Waals surface area contributed by atoms with E-state index in [0.29, 0.717) is 19.0 Å². The summed E-state index contributed by atoms with van der Waals surface area (Å²) in [7, 11) is 2.17. The highest BCUT2D eigenvalue weighted by Gasteiger charge is 2.19. The molecule has 22 heavy (non-hydrogen) atoms. The third-order valence-electron chi connectivity index (χ3n) is 4.60. The van der Waals surface area contributed by atoms with Crippen LogP contribution in [0.4, 0.5) is 0 Å². The lowest BCUT2D eigenvalue weighted by Crippen LogP contribution is -2.37. The van der Waals surface area contributed by atoms with Crippen LogP contribution in [0.3, 0.4) is 0 Å². The number of carbonyl (C=O) groups excluding carboxylic acids is 1. The topological polar surface area (TPSA) is 61.0 Å². The first-order valence-electron chi connectivity index (χ1n) is 8.11. The fourth-order valence-corrected chi connectivity index (χ4v) is 3.19. The maximum absolute atomic E-state index is 12.0. The Bertz CT molecular complexity index is 636. The highest BCUT2D eigenvalue weighted by atomic mass is 16.1. The summed E-state index contributed by atoms with van der Waals surface area (Å²) < 4.78 is 0. The van der Waals surface area contributed by atoms with Gasteiger partial charge in [-0.25, -0.2) is 4.98 Å². The van der Waals surface area contributed by atoms with Crippen molar-refractivity contribution in [3.63, 3.8) is 0 Å². The molecule has 1 unspecified atom stereocenters. The molecule has 0 saturated carbocycles. The van der Waals surface area contributed by atoms with Crippen molar-refractivity contribution in [2.24, 2.45) is 0 Å². The molecule has 2 aromatic rings. The van der Waals surface area contributed by atoms with E-state index in [0.717, 1.165) is 29.6 Å². The predicted octanol–water partition coefficient (Wildman–Crippen LogP) is 2.44. The molecule has 1 amide bonds. The molecule has 5 nitrogen and oxygen atoms in total. The van der Waals surface area contributed by atoms with Gasteiger partial charge >= 0.3 is 0 Å². The smallest absolute Gasteiger partial charge is 0.220 e. The van der Waals surface area contributed by atoms with Crippen molar-refractivity contribution in [2.75, 3.05) is 13.6 Å². The number of nitrogens with zero attached hydrogens (tertiary/aromatic N) is 2. The summed E-state index contributed by atoms with van der Waals surface area (Å²) in [6.45, 7) is 1.74. The molecule has 2 N–H and O–H groups in total. The number of hydrogen-bond donors (Lipinski definition) is 2. The molecule has 1 fully saturated rings. The summed E-state index contributed by atoms with van der Waals surface area (Å²) in [6.07, 6.45) is 7.06. The molecule has 1 aliphatic heterocycles. The summed E-state index contributed by atoms with van der Waals surface area (Å²) in [5.41, 5.74) is 3.06. The minimum Gasteiger partial charge on any atom is -0.352 e. The summed E-state index contributed by atoms with van der Waals surface area (Å²) in [4.78, 5) is 21.7. The number of amides is 1. The fraction of sp³-hybridized carbons (Fsp3) is 0.529. The summed E-state index contributed by atoms with van der Waals surface area (Å²) >= 11 is 0. The van der Waals surface area contributed by atoms with Crippen molar-refractivity contribution in [1.29, 1.82) is 0 Å². The maximum Gasteiger partial charge on any atom is 0.220 e. The second-order valence-electron chi connectivity index (χ2n) is 6.20. The Balaban J connectivity index is 1.45. The van der Waals surface area contributed by atoms with Gasteiger partial charge in [0.1, 0.15) is 0 Å². The average molecular weight is 300 g/mol. The van der Waals surface area contributed by atoms with Crippen LogP contribution in [0, 0.1) is 0 Å². The first-order valence-corrected chi connectivity index (χ1v) is 8.11. The van der Waals surface area contributed by atoms with Crippen LogP contribution in [0.25, 0.3) is 11.0 Å². The van der Waals surface area contributed by atoms with Crippen LogP contribution >= 0.6 is 0 Å². The van der Waals surface area contributed by atoms with Gasteiger partial charge in [-0.1, -0.05) is 12.5 Å². The summed E-state index contributed by atoms with van der Waals surface area (Å²) in [5.74, 6) is 0.142. The highest BCUT2D eigenvalue weighted by molar-refractivity contribution is 5.77. The van der Waals surface area contributed by atoms with Gasteiger partial charge in [0, 0.05) is 19.0 Å². The Morgan fingerprint density at radius 3 is 3.23 bits per heavy atom. The van der Waals surface area contributed by atoms with Gasteiger partial charge in [0.05, 0.1) is 17.4 Å². The summed E-state index contributed by atoms with van der Waals surface area (Å²) in [6, 6.07) is 6.60. The van der Waals surface area contributed by atoms with E-state index in [2.05, 4.69) is 27.2 Å². The van der Waals surface area contributed by atoms with Crippen molar-refractivity contribution >= 4 is 16.9 Å². The van der Waals surface area contributed by atoms with E-state index in [1.807, 2.05) is 18.2 Å². The van der Waals surface area contributed by atoms with E-state index in [4.69, 9.17) is 0 Å². The summed E-state index contributed by atoms with van der Waals surface area (Å²) in [5, 5.41) is 3.02. The number of benzene rings is 1. The van der Waals surface area contributed by atoms with Crippen LogP contribution in [0.5, 0.6) is 0 Å². The molecule has 1 aliphatic rings. The standard InChI is InChI=1S/C17H24N4O/c1-21-9-3-2-4-14(21)6-8-17(22)18-11-13-5-7-15-16(10-13)20-12-19-15/h5,7,10,12,14H,2-4,6,8-9,11H2,1H3,(H,18,22)(H,19,20). The van der Waals surface area contributed by atoms with Gasteiger partial charge in [0.25, 0.3) is 0 Å². The first-order chi connectivity index (χ1) is 10.7. The number of piperidine rings is 1. The zero-order valence-corrected chi connectivity index (χ0v) is 13.1. The second-order valence-corrected chi connectivity index (χ2v) is 6.20. The molecule has 0 aliphatic carbocycles. The molecule has 2 heterocycles. The number of likely N-dealkylation sites (tertiary alicyclic amines) is 1. The SMILES string of the molecule is CN1CCCCC1CCC(=O)NCc1ccc2nc[nH]c2c1. The van der Waals surface area contributed by atoms with E-state index in [9.17, 15) is 4.79 Å². The molecule has 5 heteroatoms. The molecule has 1 aromatic carbocycles. The molecule has 0 radical (unpaired) electrons. The molecule has 118 valence electrons. The lowest BCUT2D eigenvalue weighted by Gasteiger charge is -2.32. The van der Waals surface area contributed by atoms with Gasteiger partial charge in [0.15, 0.2) is 0 Å². The number of aromatic nitrogens is 2. The quantitative estimate of drug-likeness (QED) is 0.891. The third kappa shape index (κ3) is 3.65. The molecule has 3 rings (SSSR count). The van der Waals surface area contributed by atoms with Gasteiger partial charge in [-0.2, -0.15) is 0 Å². The van der Waals surface area contributed by atoms with Gasteiger partial charge in [0.2, 0.25) is 5.91 Å². The van der Waals surface area contributed by atoms with Crippen LogP contribution in [-0.2, 0) is 11.3 Å². The number of fused-ring (bicyclic) bond motifs is 1. The number of carbonyl (C=O) groups is 1. The number of H-pyrrole nitrogens is 1. The Morgan fingerprint density at radius 1 is 1.45 bits per heavy atom. The van der Waals surface area contributed by atoms with E-state index >= 15 is 0 Å². The first kappa shape index (κ1) is 15.0. The van der Waals surface area contributed by atoms with Gasteiger partial charge < -0.3 is 15.2 Å². The molecule has 0 spiro atoms. The fourth-order valence-electron chi connectivity index (χ4n) is 3.19. The van der Waals surface area contributed by atoms with Gasteiger partial charge in [-0.15, -0.1) is 0 Å². The van der Waals surface area contributed by atoms with E-state index < -0.39 is 0 Å². The zero-order chi connectivity index (χ0) is 15.4. The maximum atomic E-state index is 12.0. The number of hydrogen-bond acceptors (Lipinski definition) is 3. The van der Waals surface area contributed by atoms with Crippen molar-refractivity contribution in [3.8, 4) is 0 Å². The Kier molecular flexibility index (Phi) is 4.73. The van der Waals surface area contributed by atoms with Crippen molar-refractivity contribution < 1.29 is 4.79 Å². The molecular formula is C17H24N4O. The molecule has 1 saturated heterocycles. The lowest BCUT2D eigenvalue weighted by atomic mass is 9.98. The van der Waals surface area contributed by atoms with Crippen LogP contribution in [-0.4, -0.2) is 40.4 Å². The van der Waals surface area contributed by atoms with Crippen molar-refractivity contribution in [3.05, 3.63) is 30.1 Å². The third-order valence-corrected chi connectivity index (χ3v) is 4.60. The Hall–Kier alpha value is -1.88. The normalized spacial score (nSPS) is 19.4. The van der Waals surface area contributed by atoms with E-state index in [1.54, 1.807) is 6.33 Å². The minimum absolute atomic E-state index is 0.142. The number of nitrogens with one attached hydrogen (secondary N) is 2. The largest absolute Gasteiger partial charge is 0.352 e. The number of rotatable bonds is 5. The lowest BCUT2D eigenvalue weighted by molar-refractivity contribution is -0.121. The number of imidazole rings is 1. The van der Waals surface area contributed by atoms with E-state index in [1.165, 1.54) is 19.3 Å². The molecule has 0 bridgehead atoms. The van der Waals surface area contributed by atoms with Crippen LogP contribution in [0.2, 0.25) is 0 Å². The molecular weight excluding hydrogens is 276 g/mol.